The van der Waals surface area contributed by atoms with E-state index in [2.05, 4.69) is 15.6 Å². The quantitative estimate of drug-likeness (QED) is 0.845. The fourth-order valence-corrected chi connectivity index (χ4v) is 2.93. The molecule has 0 spiro atoms. The third kappa shape index (κ3) is 5.05. The number of benzene rings is 1. The monoisotopic (exact) mass is 364 g/mol. The molecule has 2 heterocycles. The fourth-order valence-electron chi connectivity index (χ4n) is 2.41. The lowest BCUT2D eigenvalue weighted by Gasteiger charge is -2.25. The van der Waals surface area contributed by atoms with Gasteiger partial charge < -0.3 is 10.1 Å². The molecule has 1 fully saturated rings. The Bertz CT molecular complexity index is 748. The van der Waals surface area contributed by atoms with Crippen molar-refractivity contribution in [1.29, 1.82) is 0 Å². The number of halogens is 1. The smallest absolute Gasteiger partial charge is 0.257 e. The van der Waals surface area contributed by atoms with Gasteiger partial charge in [0.2, 0.25) is 5.91 Å². The summed E-state index contributed by atoms with van der Waals surface area (Å²) < 4.78 is 19.0. The normalized spacial score (nSPS) is 14.9. The summed E-state index contributed by atoms with van der Waals surface area (Å²) in [5.41, 5.74) is 0.347. The number of aromatic nitrogens is 1. The lowest BCUT2D eigenvalue weighted by molar-refractivity contribution is -0.118. The number of nitrogens with zero attached hydrogens (tertiary/aromatic N) is 2. The van der Waals surface area contributed by atoms with E-state index in [1.165, 1.54) is 23.5 Å². The van der Waals surface area contributed by atoms with Gasteiger partial charge in [0.05, 0.1) is 19.8 Å². The van der Waals surface area contributed by atoms with Gasteiger partial charge in [0.15, 0.2) is 5.13 Å². The number of amides is 2. The molecular formula is C16H17FN4O3S. The number of hydrogen-bond acceptors (Lipinski definition) is 6. The number of nitrogens with one attached hydrogen (secondary N) is 2. The third-order valence-corrected chi connectivity index (χ3v) is 4.26. The standard InChI is InChI=1S/C16H17FN4O3S/c17-12-7-11(15(23)20-16-18-1-6-25-16)8-13(9-12)19-14(22)10-21-2-4-24-5-3-21/h1,6-9H,2-5,10H2,(H,19,22)(H,18,20,23). The van der Waals surface area contributed by atoms with Crippen LogP contribution in [-0.4, -0.2) is 54.5 Å². The highest BCUT2D eigenvalue weighted by molar-refractivity contribution is 7.13. The van der Waals surface area contributed by atoms with E-state index in [0.29, 0.717) is 31.4 Å². The maximum Gasteiger partial charge on any atom is 0.257 e. The summed E-state index contributed by atoms with van der Waals surface area (Å²) in [6.07, 6.45) is 1.56. The zero-order chi connectivity index (χ0) is 17.6. The molecule has 1 aliphatic heterocycles. The van der Waals surface area contributed by atoms with Crippen molar-refractivity contribution in [3.8, 4) is 0 Å². The van der Waals surface area contributed by atoms with Crippen molar-refractivity contribution in [2.24, 2.45) is 0 Å². The zero-order valence-electron chi connectivity index (χ0n) is 13.3. The van der Waals surface area contributed by atoms with Crippen LogP contribution in [0.5, 0.6) is 0 Å². The van der Waals surface area contributed by atoms with Crippen molar-refractivity contribution in [3.05, 3.63) is 41.2 Å². The lowest BCUT2D eigenvalue weighted by Crippen LogP contribution is -2.41. The molecule has 2 amide bonds. The second-order valence-electron chi connectivity index (χ2n) is 5.46. The molecule has 1 aromatic carbocycles. The summed E-state index contributed by atoms with van der Waals surface area (Å²) in [5.74, 6) is -1.36. The molecule has 2 N–H and O–H groups in total. The van der Waals surface area contributed by atoms with E-state index < -0.39 is 11.7 Å². The predicted octanol–water partition coefficient (Wildman–Crippen LogP) is 1.81. The molecule has 1 aromatic heterocycles. The van der Waals surface area contributed by atoms with E-state index in [1.807, 2.05) is 4.90 Å². The minimum absolute atomic E-state index is 0.108. The first-order chi connectivity index (χ1) is 12.1. The van der Waals surface area contributed by atoms with Crippen LogP contribution in [0.25, 0.3) is 0 Å². The first-order valence-corrected chi connectivity index (χ1v) is 8.59. The van der Waals surface area contributed by atoms with Crippen molar-refractivity contribution in [3.63, 3.8) is 0 Å². The van der Waals surface area contributed by atoms with Crippen LogP contribution < -0.4 is 10.6 Å². The summed E-state index contributed by atoms with van der Waals surface area (Å²) in [5, 5.41) is 7.35. The van der Waals surface area contributed by atoms with Crippen LogP contribution in [0.3, 0.4) is 0 Å². The number of ether oxygens (including phenoxy) is 1. The Morgan fingerprint density at radius 2 is 2.04 bits per heavy atom. The fraction of sp³-hybridized carbons (Fsp3) is 0.312. The lowest BCUT2D eigenvalue weighted by atomic mass is 10.1. The highest BCUT2D eigenvalue weighted by atomic mass is 32.1. The third-order valence-electron chi connectivity index (χ3n) is 3.57. The molecule has 3 rings (SSSR count). The van der Waals surface area contributed by atoms with Crippen LogP contribution >= 0.6 is 11.3 Å². The Hall–Kier alpha value is -2.36. The maximum atomic E-state index is 13.8. The number of carbonyl (C=O) groups is 2. The topological polar surface area (TPSA) is 83.6 Å². The molecule has 132 valence electrons. The summed E-state index contributed by atoms with van der Waals surface area (Å²) in [6, 6.07) is 3.72. The molecule has 0 saturated carbocycles. The van der Waals surface area contributed by atoms with Gasteiger partial charge in [-0.25, -0.2) is 9.37 Å². The molecule has 7 nitrogen and oxygen atoms in total. The molecule has 1 aliphatic rings. The van der Waals surface area contributed by atoms with Crippen LogP contribution in [0.4, 0.5) is 15.2 Å². The van der Waals surface area contributed by atoms with E-state index in [-0.39, 0.29) is 23.7 Å². The number of morpholine rings is 1. The summed E-state index contributed by atoms with van der Waals surface area (Å²) in [6.45, 7) is 2.74. The highest BCUT2D eigenvalue weighted by Crippen LogP contribution is 2.17. The van der Waals surface area contributed by atoms with Gasteiger partial charge in [-0.1, -0.05) is 0 Å². The highest BCUT2D eigenvalue weighted by Gasteiger charge is 2.16. The van der Waals surface area contributed by atoms with Crippen LogP contribution in [0.15, 0.2) is 29.8 Å². The van der Waals surface area contributed by atoms with Crippen molar-refractivity contribution >= 4 is 34.0 Å². The van der Waals surface area contributed by atoms with Gasteiger partial charge in [-0.05, 0) is 18.2 Å². The molecule has 0 bridgehead atoms. The minimum atomic E-state index is -0.603. The number of thiazole rings is 1. The zero-order valence-corrected chi connectivity index (χ0v) is 14.1. The van der Waals surface area contributed by atoms with Crippen molar-refractivity contribution < 1.29 is 18.7 Å². The molecule has 9 heteroatoms. The van der Waals surface area contributed by atoms with Crippen molar-refractivity contribution in [2.75, 3.05) is 43.5 Å². The molecule has 0 aliphatic carbocycles. The predicted molar refractivity (Wildman–Crippen MR) is 92.4 cm³/mol. The van der Waals surface area contributed by atoms with E-state index >= 15 is 0 Å². The average Bonchev–Trinajstić information content (AvgIpc) is 3.08. The Morgan fingerprint density at radius 1 is 1.24 bits per heavy atom. The van der Waals surface area contributed by atoms with E-state index in [0.717, 1.165) is 6.07 Å². The first-order valence-electron chi connectivity index (χ1n) is 7.71. The van der Waals surface area contributed by atoms with Gasteiger partial charge in [0, 0.05) is 35.9 Å². The molecular weight excluding hydrogens is 347 g/mol. The van der Waals surface area contributed by atoms with Crippen LogP contribution in [0.1, 0.15) is 10.4 Å². The number of anilines is 2. The van der Waals surface area contributed by atoms with Gasteiger partial charge in [0.25, 0.3) is 5.91 Å². The van der Waals surface area contributed by atoms with Gasteiger partial charge in [0.1, 0.15) is 5.82 Å². The molecule has 2 aromatic rings. The largest absolute Gasteiger partial charge is 0.379 e. The van der Waals surface area contributed by atoms with Gasteiger partial charge >= 0.3 is 0 Å². The van der Waals surface area contributed by atoms with Gasteiger partial charge in [-0.3, -0.25) is 19.8 Å². The second-order valence-corrected chi connectivity index (χ2v) is 6.35. The summed E-state index contributed by atoms with van der Waals surface area (Å²) >= 11 is 1.26. The molecule has 1 saturated heterocycles. The molecule has 0 atom stereocenters. The summed E-state index contributed by atoms with van der Waals surface area (Å²) in [7, 11) is 0. The first kappa shape index (κ1) is 17.5. The van der Waals surface area contributed by atoms with E-state index in [4.69, 9.17) is 4.74 Å². The number of carbonyl (C=O) groups excluding carboxylic acids is 2. The Balaban J connectivity index is 1.64. The Labute approximate surface area is 147 Å². The van der Waals surface area contributed by atoms with Gasteiger partial charge in [-0.15, -0.1) is 11.3 Å². The van der Waals surface area contributed by atoms with Crippen LogP contribution in [0.2, 0.25) is 0 Å². The maximum absolute atomic E-state index is 13.8. The van der Waals surface area contributed by atoms with Gasteiger partial charge in [-0.2, -0.15) is 0 Å². The van der Waals surface area contributed by atoms with E-state index in [1.54, 1.807) is 11.6 Å². The molecule has 0 unspecified atom stereocenters. The SMILES string of the molecule is O=C(CN1CCOCC1)Nc1cc(F)cc(C(=O)Nc2nccs2)c1. The molecule has 0 radical (unpaired) electrons. The average molecular weight is 364 g/mol. The summed E-state index contributed by atoms with van der Waals surface area (Å²) in [4.78, 5) is 30.2. The van der Waals surface area contributed by atoms with Crippen molar-refractivity contribution in [1.82, 2.24) is 9.88 Å². The Morgan fingerprint density at radius 3 is 2.76 bits per heavy atom. The Kier molecular flexibility index (Phi) is 5.69. The second kappa shape index (κ2) is 8.15. The van der Waals surface area contributed by atoms with E-state index in [9.17, 15) is 14.0 Å². The number of rotatable bonds is 5. The van der Waals surface area contributed by atoms with Crippen molar-refractivity contribution in [2.45, 2.75) is 0 Å². The number of hydrogen-bond donors (Lipinski definition) is 2. The molecule has 25 heavy (non-hydrogen) atoms. The van der Waals surface area contributed by atoms with Crippen LogP contribution in [0, 0.1) is 5.82 Å². The van der Waals surface area contributed by atoms with Crippen LogP contribution in [-0.2, 0) is 9.53 Å². The minimum Gasteiger partial charge on any atom is -0.379 e.